The van der Waals surface area contributed by atoms with Gasteiger partial charge in [-0.1, -0.05) is 19.9 Å². The van der Waals surface area contributed by atoms with Gasteiger partial charge in [-0.15, -0.1) is 22.7 Å². The van der Waals surface area contributed by atoms with Crippen molar-refractivity contribution in [1.29, 1.82) is 0 Å². The van der Waals surface area contributed by atoms with Gasteiger partial charge in [-0.2, -0.15) is 0 Å². The van der Waals surface area contributed by atoms with Gasteiger partial charge in [0.25, 0.3) is 5.91 Å². The third-order valence-corrected chi connectivity index (χ3v) is 5.35. The molecule has 0 spiro atoms. The van der Waals surface area contributed by atoms with Crippen LogP contribution < -0.4 is 0 Å². The van der Waals surface area contributed by atoms with Gasteiger partial charge in [0.05, 0.1) is 10.6 Å². The summed E-state index contributed by atoms with van der Waals surface area (Å²) in [5, 5.41) is 2.98. The van der Waals surface area contributed by atoms with Crippen molar-refractivity contribution < 1.29 is 4.79 Å². The number of hydrogen-bond acceptors (Lipinski definition) is 4. The van der Waals surface area contributed by atoms with E-state index in [0.717, 1.165) is 27.0 Å². The zero-order valence-electron chi connectivity index (χ0n) is 13.2. The van der Waals surface area contributed by atoms with E-state index >= 15 is 0 Å². The molecule has 0 atom stereocenters. The second-order valence-electron chi connectivity index (χ2n) is 5.86. The number of carbonyl (C=O) groups is 1. The van der Waals surface area contributed by atoms with Gasteiger partial charge >= 0.3 is 0 Å². The van der Waals surface area contributed by atoms with Crippen molar-refractivity contribution in [3.63, 3.8) is 0 Å². The molecule has 3 nitrogen and oxygen atoms in total. The van der Waals surface area contributed by atoms with Crippen LogP contribution in [0.15, 0.2) is 17.5 Å². The molecule has 0 N–H and O–H groups in total. The molecule has 1 amide bonds. The second kappa shape index (κ2) is 6.71. The number of hydrogen-bond donors (Lipinski definition) is 0. The predicted octanol–water partition coefficient (Wildman–Crippen LogP) is 4.69. The van der Waals surface area contributed by atoms with Crippen LogP contribution in [-0.4, -0.2) is 28.4 Å². The van der Waals surface area contributed by atoms with Crippen molar-refractivity contribution in [3.8, 4) is 9.88 Å². The van der Waals surface area contributed by atoms with Crippen LogP contribution in [0, 0.1) is 12.8 Å². The standard InChI is InChI=1S/C16H22N2OS2/c1-10(2)9-18(11(3)4)16(19)14-12(5)17-15(21-14)13-7-6-8-20-13/h6-8,10-11H,9H2,1-5H3. The molecule has 2 rings (SSSR count). The molecule has 21 heavy (non-hydrogen) atoms. The SMILES string of the molecule is Cc1nc(-c2cccs2)sc1C(=O)N(CC(C)C)C(C)C. The number of rotatable bonds is 5. The van der Waals surface area contributed by atoms with Crippen LogP contribution in [0.4, 0.5) is 0 Å². The van der Waals surface area contributed by atoms with E-state index in [0.29, 0.717) is 5.92 Å². The first-order valence-corrected chi connectivity index (χ1v) is 8.92. The van der Waals surface area contributed by atoms with Crippen LogP contribution >= 0.6 is 22.7 Å². The van der Waals surface area contributed by atoms with Crippen molar-refractivity contribution in [3.05, 3.63) is 28.1 Å². The number of nitrogens with zero attached hydrogens (tertiary/aromatic N) is 2. The summed E-state index contributed by atoms with van der Waals surface area (Å²) in [6.07, 6.45) is 0. The van der Waals surface area contributed by atoms with Crippen molar-refractivity contribution in [1.82, 2.24) is 9.88 Å². The fraction of sp³-hybridized carbons (Fsp3) is 0.500. The number of aromatic nitrogens is 1. The highest BCUT2D eigenvalue weighted by molar-refractivity contribution is 7.22. The van der Waals surface area contributed by atoms with E-state index in [2.05, 4.69) is 32.7 Å². The molecule has 114 valence electrons. The minimum absolute atomic E-state index is 0.108. The van der Waals surface area contributed by atoms with Crippen LogP contribution in [0.3, 0.4) is 0 Å². The molecule has 0 bridgehead atoms. The molecule has 2 aromatic heterocycles. The Hall–Kier alpha value is -1.20. The van der Waals surface area contributed by atoms with Gasteiger partial charge in [-0.05, 0) is 38.1 Å². The molecule has 0 saturated carbocycles. The molecule has 0 aromatic carbocycles. The molecular weight excluding hydrogens is 300 g/mol. The fourth-order valence-corrected chi connectivity index (χ4v) is 3.97. The third-order valence-electron chi connectivity index (χ3n) is 3.17. The Morgan fingerprint density at radius 1 is 1.33 bits per heavy atom. The molecule has 0 fully saturated rings. The summed E-state index contributed by atoms with van der Waals surface area (Å²) in [5.41, 5.74) is 0.836. The Balaban J connectivity index is 2.30. The first-order valence-electron chi connectivity index (χ1n) is 7.22. The summed E-state index contributed by atoms with van der Waals surface area (Å²) >= 11 is 3.16. The van der Waals surface area contributed by atoms with E-state index in [1.54, 1.807) is 11.3 Å². The topological polar surface area (TPSA) is 33.2 Å². The summed E-state index contributed by atoms with van der Waals surface area (Å²) in [7, 11) is 0. The molecular formula is C16H22N2OS2. The molecule has 0 aliphatic heterocycles. The van der Waals surface area contributed by atoms with Crippen LogP contribution in [0.5, 0.6) is 0 Å². The highest BCUT2D eigenvalue weighted by Crippen LogP contribution is 2.32. The molecule has 5 heteroatoms. The van der Waals surface area contributed by atoms with Gasteiger partial charge in [0, 0.05) is 12.6 Å². The van der Waals surface area contributed by atoms with E-state index in [1.165, 1.54) is 11.3 Å². The van der Waals surface area contributed by atoms with E-state index in [9.17, 15) is 4.79 Å². The van der Waals surface area contributed by atoms with Gasteiger partial charge < -0.3 is 4.90 Å². The van der Waals surface area contributed by atoms with Crippen molar-refractivity contribution in [2.75, 3.05) is 6.54 Å². The number of carbonyl (C=O) groups excluding carboxylic acids is 1. The quantitative estimate of drug-likeness (QED) is 0.800. The Morgan fingerprint density at radius 3 is 2.57 bits per heavy atom. The number of thiophene rings is 1. The number of amides is 1. The monoisotopic (exact) mass is 322 g/mol. The zero-order chi connectivity index (χ0) is 15.6. The molecule has 2 heterocycles. The maximum absolute atomic E-state index is 12.8. The Kier molecular flexibility index (Phi) is 5.17. The van der Waals surface area contributed by atoms with Gasteiger partial charge in [0.1, 0.15) is 9.88 Å². The average molecular weight is 322 g/mol. The fourth-order valence-electron chi connectivity index (χ4n) is 2.15. The lowest BCUT2D eigenvalue weighted by Gasteiger charge is -2.28. The third kappa shape index (κ3) is 3.71. The Bertz CT molecular complexity index is 600. The van der Waals surface area contributed by atoms with Crippen LogP contribution in [-0.2, 0) is 0 Å². The van der Waals surface area contributed by atoms with Gasteiger partial charge in [-0.25, -0.2) is 4.98 Å². The summed E-state index contributed by atoms with van der Waals surface area (Å²) < 4.78 is 0. The van der Waals surface area contributed by atoms with Crippen LogP contribution in [0.25, 0.3) is 9.88 Å². The highest BCUT2D eigenvalue weighted by Gasteiger charge is 2.24. The first kappa shape index (κ1) is 16.2. The summed E-state index contributed by atoms with van der Waals surface area (Å²) in [4.78, 5) is 21.2. The lowest BCUT2D eigenvalue weighted by atomic mass is 10.1. The smallest absolute Gasteiger partial charge is 0.266 e. The Labute approximate surface area is 134 Å². The van der Waals surface area contributed by atoms with Gasteiger partial charge in [0.2, 0.25) is 0 Å². The van der Waals surface area contributed by atoms with Gasteiger partial charge in [-0.3, -0.25) is 4.79 Å². The zero-order valence-corrected chi connectivity index (χ0v) is 14.8. The minimum Gasteiger partial charge on any atom is -0.335 e. The van der Waals surface area contributed by atoms with Crippen molar-refractivity contribution >= 4 is 28.6 Å². The Morgan fingerprint density at radius 2 is 2.05 bits per heavy atom. The highest BCUT2D eigenvalue weighted by atomic mass is 32.1. The molecule has 0 unspecified atom stereocenters. The van der Waals surface area contributed by atoms with E-state index in [-0.39, 0.29) is 11.9 Å². The summed E-state index contributed by atoms with van der Waals surface area (Å²) in [6.45, 7) is 11.1. The minimum atomic E-state index is 0.108. The molecule has 0 saturated heterocycles. The van der Waals surface area contributed by atoms with Crippen LogP contribution in [0.1, 0.15) is 43.1 Å². The molecule has 2 aromatic rings. The lowest BCUT2D eigenvalue weighted by Crippen LogP contribution is -2.39. The number of aryl methyl sites for hydroxylation is 1. The number of thiazole rings is 1. The van der Waals surface area contributed by atoms with Gasteiger partial charge in [0.15, 0.2) is 0 Å². The summed E-state index contributed by atoms with van der Waals surface area (Å²) in [5.74, 6) is 0.567. The van der Waals surface area contributed by atoms with Crippen molar-refractivity contribution in [2.24, 2.45) is 5.92 Å². The maximum atomic E-state index is 12.8. The van der Waals surface area contributed by atoms with Crippen LogP contribution in [0.2, 0.25) is 0 Å². The molecule has 0 aliphatic carbocycles. The van der Waals surface area contributed by atoms with E-state index in [4.69, 9.17) is 0 Å². The molecule has 0 aliphatic rings. The molecule has 0 radical (unpaired) electrons. The normalized spacial score (nSPS) is 11.4. The first-order chi connectivity index (χ1) is 9.90. The lowest BCUT2D eigenvalue weighted by molar-refractivity contribution is 0.0686. The second-order valence-corrected chi connectivity index (χ2v) is 7.80. The largest absolute Gasteiger partial charge is 0.335 e. The van der Waals surface area contributed by atoms with E-state index < -0.39 is 0 Å². The van der Waals surface area contributed by atoms with E-state index in [1.807, 2.05) is 29.3 Å². The van der Waals surface area contributed by atoms with Crippen molar-refractivity contribution in [2.45, 2.75) is 40.7 Å². The summed E-state index contributed by atoms with van der Waals surface area (Å²) in [6, 6.07) is 4.26. The average Bonchev–Trinajstić information content (AvgIpc) is 3.03. The maximum Gasteiger partial charge on any atom is 0.266 e. The predicted molar refractivity (Wildman–Crippen MR) is 91.2 cm³/mol.